The summed E-state index contributed by atoms with van der Waals surface area (Å²) in [6.07, 6.45) is 8.72. The van der Waals surface area contributed by atoms with Crippen LogP contribution in [0.5, 0.6) is 0 Å². The lowest BCUT2D eigenvalue weighted by molar-refractivity contribution is -0.124. The molecule has 3 N–H and O–H groups in total. The molecule has 1 aromatic rings. The number of aromatic nitrogens is 2. The van der Waals surface area contributed by atoms with Crippen molar-refractivity contribution in [3.8, 4) is 0 Å². The van der Waals surface area contributed by atoms with Crippen molar-refractivity contribution in [2.75, 3.05) is 39.4 Å². The van der Waals surface area contributed by atoms with Crippen molar-refractivity contribution in [2.24, 2.45) is 0 Å². The van der Waals surface area contributed by atoms with Gasteiger partial charge in [-0.3, -0.25) is 9.69 Å². The summed E-state index contributed by atoms with van der Waals surface area (Å²) in [6, 6.07) is -0.333. The van der Waals surface area contributed by atoms with E-state index in [1.54, 1.807) is 6.33 Å². The second-order valence-electron chi connectivity index (χ2n) is 7.51. The first-order valence-electron chi connectivity index (χ1n) is 9.65. The van der Waals surface area contributed by atoms with E-state index in [-0.39, 0.29) is 17.5 Å². The third kappa shape index (κ3) is 3.45. The van der Waals surface area contributed by atoms with Gasteiger partial charge in [0.25, 0.3) is 0 Å². The number of nitrogens with zero attached hydrogens (tertiary/aromatic N) is 2. The van der Waals surface area contributed by atoms with E-state index < -0.39 is 0 Å². The van der Waals surface area contributed by atoms with Gasteiger partial charge < -0.3 is 20.4 Å². The molecule has 1 saturated heterocycles. The van der Waals surface area contributed by atoms with Crippen molar-refractivity contribution in [1.29, 1.82) is 0 Å². The summed E-state index contributed by atoms with van der Waals surface area (Å²) in [4.78, 5) is 22.9. The maximum absolute atomic E-state index is 12.9. The average molecular weight is 347 g/mol. The SMILES string of the molecule is O=C(NCC1(N2CCOCC2)CCCCC1)[C@@H]1NCCc2[nH]cnc21. The number of aromatic amines is 1. The maximum Gasteiger partial charge on any atom is 0.243 e. The Balaban J connectivity index is 1.44. The lowest BCUT2D eigenvalue weighted by Gasteiger charge is -2.48. The minimum atomic E-state index is -0.333. The zero-order chi connectivity index (χ0) is 17.1. The van der Waals surface area contributed by atoms with Crippen LogP contribution in [-0.2, 0) is 16.0 Å². The Hall–Kier alpha value is -1.44. The molecule has 138 valence electrons. The number of nitrogens with one attached hydrogen (secondary N) is 3. The van der Waals surface area contributed by atoms with Gasteiger partial charge in [-0.1, -0.05) is 19.3 Å². The predicted octanol–water partition coefficient (Wildman–Crippen LogP) is 0.748. The van der Waals surface area contributed by atoms with E-state index in [0.717, 1.165) is 57.2 Å². The van der Waals surface area contributed by atoms with Crippen molar-refractivity contribution < 1.29 is 9.53 Å². The van der Waals surface area contributed by atoms with E-state index in [1.165, 1.54) is 32.1 Å². The zero-order valence-electron chi connectivity index (χ0n) is 14.9. The van der Waals surface area contributed by atoms with Crippen LogP contribution in [0.4, 0.5) is 0 Å². The molecular weight excluding hydrogens is 318 g/mol. The monoisotopic (exact) mass is 347 g/mol. The van der Waals surface area contributed by atoms with Crippen LogP contribution >= 0.6 is 0 Å². The molecule has 7 nitrogen and oxygen atoms in total. The molecule has 1 atom stereocenters. The minimum absolute atomic E-state index is 0.0475. The van der Waals surface area contributed by atoms with Crippen LogP contribution in [0.3, 0.4) is 0 Å². The molecule has 0 aromatic carbocycles. The van der Waals surface area contributed by atoms with Gasteiger partial charge in [0.05, 0.1) is 25.2 Å². The summed E-state index contributed by atoms with van der Waals surface area (Å²) in [5.41, 5.74) is 2.04. The lowest BCUT2D eigenvalue weighted by Crippen LogP contribution is -2.60. The Kier molecular flexibility index (Phi) is 5.05. The number of rotatable bonds is 4. The van der Waals surface area contributed by atoms with Crippen LogP contribution < -0.4 is 10.6 Å². The smallest absolute Gasteiger partial charge is 0.243 e. The number of imidazole rings is 1. The number of fused-ring (bicyclic) bond motifs is 1. The Morgan fingerprint density at radius 2 is 2.12 bits per heavy atom. The highest BCUT2D eigenvalue weighted by molar-refractivity contribution is 5.83. The number of amides is 1. The number of carbonyl (C=O) groups is 1. The summed E-state index contributed by atoms with van der Waals surface area (Å²) in [6.45, 7) is 5.08. The fraction of sp³-hybridized carbons (Fsp3) is 0.778. The van der Waals surface area contributed by atoms with Crippen molar-refractivity contribution in [1.82, 2.24) is 25.5 Å². The molecule has 0 unspecified atom stereocenters. The van der Waals surface area contributed by atoms with Crippen LogP contribution in [0.25, 0.3) is 0 Å². The normalized spacial score (nSPS) is 26.8. The third-order valence-corrected chi connectivity index (χ3v) is 6.07. The molecule has 0 spiro atoms. The number of morpholine rings is 1. The highest BCUT2D eigenvalue weighted by atomic mass is 16.5. The quantitative estimate of drug-likeness (QED) is 0.749. The predicted molar refractivity (Wildman–Crippen MR) is 94.3 cm³/mol. The molecule has 0 radical (unpaired) electrons. The molecule has 1 saturated carbocycles. The largest absolute Gasteiger partial charge is 0.379 e. The highest BCUT2D eigenvalue weighted by Gasteiger charge is 2.39. The molecule has 3 heterocycles. The molecule has 2 fully saturated rings. The number of ether oxygens (including phenoxy) is 1. The molecule has 1 aromatic heterocycles. The van der Waals surface area contributed by atoms with Crippen molar-refractivity contribution in [2.45, 2.75) is 50.1 Å². The van der Waals surface area contributed by atoms with Crippen LogP contribution in [-0.4, -0.2) is 65.7 Å². The van der Waals surface area contributed by atoms with Crippen molar-refractivity contribution in [3.63, 3.8) is 0 Å². The topological polar surface area (TPSA) is 82.3 Å². The molecule has 2 aliphatic heterocycles. The Labute approximate surface area is 148 Å². The number of carbonyl (C=O) groups excluding carboxylic acids is 1. The summed E-state index contributed by atoms with van der Waals surface area (Å²) in [5, 5.41) is 6.57. The number of hydrogen-bond acceptors (Lipinski definition) is 5. The summed E-state index contributed by atoms with van der Waals surface area (Å²) < 4.78 is 5.54. The second kappa shape index (κ2) is 7.43. The first kappa shape index (κ1) is 17.0. The summed E-state index contributed by atoms with van der Waals surface area (Å²) in [7, 11) is 0. The van der Waals surface area contributed by atoms with Gasteiger partial charge in [-0.2, -0.15) is 0 Å². The minimum Gasteiger partial charge on any atom is -0.379 e. The highest BCUT2D eigenvalue weighted by Crippen LogP contribution is 2.34. The summed E-state index contributed by atoms with van der Waals surface area (Å²) >= 11 is 0. The van der Waals surface area contributed by atoms with E-state index in [0.29, 0.717) is 0 Å². The third-order valence-electron chi connectivity index (χ3n) is 6.07. The molecule has 3 aliphatic rings. The standard InChI is InChI=1S/C18H29N5O2/c24-17(16-15-14(4-7-19-16)21-13-22-15)20-12-18(5-2-1-3-6-18)23-8-10-25-11-9-23/h13,16,19H,1-12H2,(H,20,24)(H,21,22)/t16-/m1/s1. The molecule has 7 heteroatoms. The summed E-state index contributed by atoms with van der Waals surface area (Å²) in [5.74, 6) is 0.0475. The van der Waals surface area contributed by atoms with Crippen LogP contribution in [0.15, 0.2) is 6.33 Å². The van der Waals surface area contributed by atoms with Crippen molar-refractivity contribution >= 4 is 5.91 Å². The number of H-pyrrole nitrogens is 1. The molecular formula is C18H29N5O2. The Morgan fingerprint density at radius 3 is 2.92 bits per heavy atom. The van der Waals surface area contributed by atoms with Crippen molar-refractivity contribution in [3.05, 3.63) is 17.7 Å². The lowest BCUT2D eigenvalue weighted by atomic mass is 9.79. The van der Waals surface area contributed by atoms with E-state index in [2.05, 4.69) is 25.5 Å². The Morgan fingerprint density at radius 1 is 1.32 bits per heavy atom. The molecule has 0 bridgehead atoms. The first-order chi connectivity index (χ1) is 12.3. The van der Waals surface area contributed by atoms with Crippen LogP contribution in [0.2, 0.25) is 0 Å². The van der Waals surface area contributed by atoms with Crippen LogP contribution in [0.1, 0.15) is 49.5 Å². The maximum atomic E-state index is 12.9. The molecule has 4 rings (SSSR count). The van der Waals surface area contributed by atoms with Gasteiger partial charge in [0, 0.05) is 43.8 Å². The van der Waals surface area contributed by atoms with Crippen LogP contribution in [0, 0.1) is 0 Å². The van der Waals surface area contributed by atoms with Gasteiger partial charge in [-0.25, -0.2) is 4.98 Å². The fourth-order valence-electron chi connectivity index (χ4n) is 4.64. The molecule has 1 amide bonds. The van der Waals surface area contributed by atoms with Gasteiger partial charge in [-0.05, 0) is 12.8 Å². The van der Waals surface area contributed by atoms with Gasteiger partial charge in [0.1, 0.15) is 6.04 Å². The molecule has 25 heavy (non-hydrogen) atoms. The van der Waals surface area contributed by atoms with E-state index in [1.807, 2.05) is 0 Å². The van der Waals surface area contributed by atoms with E-state index in [4.69, 9.17) is 4.74 Å². The fourth-order valence-corrected chi connectivity index (χ4v) is 4.64. The average Bonchev–Trinajstić information content (AvgIpc) is 3.16. The molecule has 1 aliphatic carbocycles. The van der Waals surface area contributed by atoms with Gasteiger partial charge in [-0.15, -0.1) is 0 Å². The second-order valence-corrected chi connectivity index (χ2v) is 7.51. The van der Waals surface area contributed by atoms with Gasteiger partial charge >= 0.3 is 0 Å². The van der Waals surface area contributed by atoms with Gasteiger partial charge in [0.15, 0.2) is 0 Å². The van der Waals surface area contributed by atoms with E-state index >= 15 is 0 Å². The Bertz CT molecular complexity index is 590. The zero-order valence-corrected chi connectivity index (χ0v) is 14.9. The first-order valence-corrected chi connectivity index (χ1v) is 9.65. The number of hydrogen-bond donors (Lipinski definition) is 3. The van der Waals surface area contributed by atoms with E-state index in [9.17, 15) is 4.79 Å². The van der Waals surface area contributed by atoms with Gasteiger partial charge in [0.2, 0.25) is 5.91 Å².